The second-order valence-corrected chi connectivity index (χ2v) is 3.32. The van der Waals surface area contributed by atoms with Crippen LogP contribution in [0, 0.1) is 0 Å². The molecular formula is CH4Na2O9S2. The molecule has 76 valence electrons. The van der Waals surface area contributed by atoms with Gasteiger partial charge in [-0.1, -0.05) is 0 Å². The van der Waals surface area contributed by atoms with Crippen LogP contribution in [0.4, 0.5) is 4.79 Å². The maximum atomic E-state index is 9.95. The van der Waals surface area contributed by atoms with Gasteiger partial charge in [-0.15, -0.1) is 0 Å². The quantitative estimate of drug-likeness (QED) is 0.369. The van der Waals surface area contributed by atoms with Crippen molar-refractivity contribution < 1.29 is 101 Å². The Bertz CT molecular complexity index is 336. The zero-order valence-corrected chi connectivity index (χ0v) is 12.7. The molecule has 0 saturated heterocycles. The van der Waals surface area contributed by atoms with Crippen LogP contribution in [-0.2, 0) is 29.2 Å². The van der Waals surface area contributed by atoms with E-state index in [-0.39, 0.29) is 62.0 Å². The van der Waals surface area contributed by atoms with Gasteiger partial charge in [0.05, 0.1) is 0 Å². The van der Waals surface area contributed by atoms with Crippen molar-refractivity contribution in [2.24, 2.45) is 0 Å². The van der Waals surface area contributed by atoms with E-state index in [0.717, 1.165) is 0 Å². The van der Waals surface area contributed by atoms with Crippen LogP contribution in [0.3, 0.4) is 0 Å². The SMILES string of the molecule is O=C(OS(=O)(=O)O)OS(=O)(=O)O.[H-].[H-].[Na+].[Na+]. The largest absolute Gasteiger partial charge is 1.00 e. The Morgan fingerprint density at radius 2 is 1.14 bits per heavy atom. The van der Waals surface area contributed by atoms with Gasteiger partial charge in [0.15, 0.2) is 0 Å². The first kappa shape index (κ1) is 20.5. The summed E-state index contributed by atoms with van der Waals surface area (Å²) in [5.74, 6) is 0. The molecule has 0 bridgehead atoms. The average Bonchev–Trinajstić information content (AvgIpc) is 1.49. The summed E-state index contributed by atoms with van der Waals surface area (Å²) in [7, 11) is -10.3. The fourth-order valence-corrected chi connectivity index (χ4v) is 0.641. The van der Waals surface area contributed by atoms with Crippen molar-refractivity contribution in [1.82, 2.24) is 0 Å². The topological polar surface area (TPSA) is 144 Å². The molecule has 0 unspecified atom stereocenters. The summed E-state index contributed by atoms with van der Waals surface area (Å²) in [6.07, 6.45) is -2.29. The maximum Gasteiger partial charge on any atom is 1.00 e. The van der Waals surface area contributed by atoms with E-state index in [4.69, 9.17) is 9.11 Å². The Hall–Kier alpha value is 1.09. The van der Waals surface area contributed by atoms with Gasteiger partial charge in [0, 0.05) is 0 Å². The Labute approximate surface area is 127 Å². The van der Waals surface area contributed by atoms with Crippen LogP contribution >= 0.6 is 0 Å². The predicted molar refractivity (Wildman–Crippen MR) is 32.9 cm³/mol. The molecule has 0 aliphatic rings. The van der Waals surface area contributed by atoms with E-state index >= 15 is 0 Å². The van der Waals surface area contributed by atoms with Gasteiger partial charge in [-0.05, 0) is 0 Å². The minimum absolute atomic E-state index is 0. The second-order valence-electron chi connectivity index (χ2n) is 1.27. The average molecular weight is 270 g/mol. The molecule has 0 radical (unpaired) electrons. The molecule has 0 heterocycles. The van der Waals surface area contributed by atoms with Crippen molar-refractivity contribution in [2.45, 2.75) is 0 Å². The van der Waals surface area contributed by atoms with Gasteiger partial charge in [-0.25, -0.2) is 4.79 Å². The first-order chi connectivity index (χ1) is 5.10. The molecule has 9 nitrogen and oxygen atoms in total. The summed E-state index contributed by atoms with van der Waals surface area (Å²) in [4.78, 5) is 9.95. The number of carbonyl (C=O) groups excluding carboxylic acids is 1. The van der Waals surface area contributed by atoms with Gasteiger partial charge in [0.1, 0.15) is 0 Å². The van der Waals surface area contributed by atoms with E-state index in [1.165, 1.54) is 0 Å². The van der Waals surface area contributed by atoms with Crippen molar-refractivity contribution in [3.63, 3.8) is 0 Å². The fraction of sp³-hybridized carbons (Fsp3) is 0. The van der Waals surface area contributed by atoms with Gasteiger partial charge < -0.3 is 2.85 Å². The molecule has 2 N–H and O–H groups in total. The smallest absolute Gasteiger partial charge is 1.00 e. The van der Waals surface area contributed by atoms with E-state index in [9.17, 15) is 21.6 Å². The van der Waals surface area contributed by atoms with Crippen molar-refractivity contribution in [1.29, 1.82) is 0 Å². The maximum absolute atomic E-state index is 9.95. The molecule has 0 rings (SSSR count). The van der Waals surface area contributed by atoms with Crippen LogP contribution in [0.2, 0.25) is 0 Å². The molecule has 0 aliphatic carbocycles. The number of carbonyl (C=O) groups is 1. The summed E-state index contributed by atoms with van der Waals surface area (Å²) < 4.78 is 60.1. The van der Waals surface area contributed by atoms with E-state index in [1.54, 1.807) is 0 Å². The molecule has 0 aromatic heterocycles. The summed E-state index contributed by atoms with van der Waals surface area (Å²) in [6.45, 7) is 0. The Kier molecular flexibility index (Phi) is 10.8. The normalized spacial score (nSPS) is 10.4. The summed E-state index contributed by atoms with van der Waals surface area (Å²) >= 11 is 0. The third kappa shape index (κ3) is 15.6. The summed E-state index contributed by atoms with van der Waals surface area (Å²) in [5, 5.41) is 0. The molecule has 0 saturated carbocycles. The zero-order chi connectivity index (χ0) is 9.99. The Morgan fingerprint density at radius 1 is 0.929 bits per heavy atom. The molecule has 14 heavy (non-hydrogen) atoms. The van der Waals surface area contributed by atoms with Crippen LogP contribution in [0.1, 0.15) is 2.85 Å². The molecule has 0 amide bonds. The number of hydrogen-bond acceptors (Lipinski definition) is 7. The van der Waals surface area contributed by atoms with Crippen LogP contribution < -0.4 is 59.1 Å². The van der Waals surface area contributed by atoms with Crippen molar-refractivity contribution in [2.75, 3.05) is 0 Å². The van der Waals surface area contributed by atoms with Crippen molar-refractivity contribution in [3.05, 3.63) is 0 Å². The third-order valence-electron chi connectivity index (χ3n) is 0.347. The standard InChI is InChI=1S/CH2O9S2.2Na.2H/c2-1(9-11(3,4)5)10-12(6,7)8;;;;/h(H,3,4,5)(H,6,7,8);;;;/q;2*+1;2*-1. The molecule has 0 fully saturated rings. The molecule has 0 spiro atoms. The van der Waals surface area contributed by atoms with Gasteiger partial charge in [0.2, 0.25) is 0 Å². The van der Waals surface area contributed by atoms with E-state index in [1.807, 2.05) is 0 Å². The minimum atomic E-state index is -5.15. The van der Waals surface area contributed by atoms with Crippen molar-refractivity contribution >= 4 is 27.0 Å². The first-order valence-electron chi connectivity index (χ1n) is 1.98. The third-order valence-corrected chi connectivity index (χ3v) is 1.04. The minimum Gasteiger partial charge on any atom is -1.00 e. The van der Waals surface area contributed by atoms with Gasteiger partial charge in [-0.2, -0.15) is 16.8 Å². The van der Waals surface area contributed by atoms with Crippen LogP contribution in [0.25, 0.3) is 0 Å². The van der Waals surface area contributed by atoms with E-state index in [0.29, 0.717) is 0 Å². The first-order valence-corrected chi connectivity index (χ1v) is 4.71. The number of hydrogen-bond donors (Lipinski definition) is 2. The van der Waals surface area contributed by atoms with Crippen LogP contribution in [0.15, 0.2) is 0 Å². The van der Waals surface area contributed by atoms with Crippen LogP contribution in [-0.4, -0.2) is 32.1 Å². The summed E-state index contributed by atoms with van der Waals surface area (Å²) in [5.41, 5.74) is 0. The Morgan fingerprint density at radius 3 is 1.29 bits per heavy atom. The van der Waals surface area contributed by atoms with E-state index in [2.05, 4.69) is 8.37 Å². The monoisotopic (exact) mass is 270 g/mol. The van der Waals surface area contributed by atoms with E-state index < -0.39 is 27.0 Å². The molecule has 0 atom stereocenters. The molecular weight excluding hydrogens is 266 g/mol. The molecule has 0 aliphatic heterocycles. The van der Waals surface area contributed by atoms with Gasteiger partial charge >= 0.3 is 86.1 Å². The van der Waals surface area contributed by atoms with Gasteiger partial charge in [0.25, 0.3) is 0 Å². The second kappa shape index (κ2) is 7.38. The van der Waals surface area contributed by atoms with Crippen LogP contribution in [0.5, 0.6) is 0 Å². The fourth-order valence-electron chi connectivity index (χ4n) is 0.186. The van der Waals surface area contributed by atoms with Crippen molar-refractivity contribution in [3.8, 4) is 0 Å². The zero-order valence-electron chi connectivity index (χ0n) is 9.07. The van der Waals surface area contributed by atoms with Gasteiger partial charge in [-0.3, -0.25) is 17.5 Å². The molecule has 0 aromatic carbocycles. The summed E-state index contributed by atoms with van der Waals surface area (Å²) in [6, 6.07) is 0. The number of rotatable bonds is 2. The Balaban J connectivity index is -0.000000101. The molecule has 0 aromatic rings. The molecule has 13 heteroatoms. The predicted octanol–water partition coefficient (Wildman–Crippen LogP) is -7.02.